The van der Waals surface area contributed by atoms with E-state index in [-0.39, 0.29) is 71.7 Å². The molecule has 25 unspecified atom stereocenters. The van der Waals surface area contributed by atoms with Crippen LogP contribution < -0.4 is 4.74 Å². The third-order valence-electron chi connectivity index (χ3n) is 16.6. The van der Waals surface area contributed by atoms with Crippen molar-refractivity contribution in [3.8, 4) is 17.2 Å². The van der Waals surface area contributed by atoms with Crippen molar-refractivity contribution in [1.82, 2.24) is 0 Å². The van der Waals surface area contributed by atoms with E-state index >= 15 is 4.79 Å². The molecule has 0 amide bonds. The highest BCUT2D eigenvalue weighted by molar-refractivity contribution is 6.11. The van der Waals surface area contributed by atoms with E-state index in [0.717, 1.165) is 0 Å². The number of Topliss-reactive ketones (excluding diaryl/α,β-unsaturated/α-hetero) is 2. The second-order valence-corrected chi connectivity index (χ2v) is 23.1. The molecule has 26 nitrogen and oxygen atoms in total. The van der Waals surface area contributed by atoms with Gasteiger partial charge in [0.05, 0.1) is 65.9 Å². The number of methoxy groups -OCH3 is 2. The van der Waals surface area contributed by atoms with Crippen molar-refractivity contribution in [2.45, 2.75) is 255 Å². The Bertz CT molecular complexity index is 2620. The van der Waals surface area contributed by atoms with Crippen LogP contribution in [-0.4, -0.2) is 225 Å². The van der Waals surface area contributed by atoms with E-state index in [1.54, 1.807) is 27.7 Å². The number of aliphatic hydroxyl groups is 6. The third-order valence-corrected chi connectivity index (χ3v) is 16.6. The number of esters is 2. The van der Waals surface area contributed by atoms with Crippen LogP contribution in [-0.2, 0) is 82.4 Å². The molecule has 6 aliphatic rings. The van der Waals surface area contributed by atoms with Gasteiger partial charge in [-0.3, -0.25) is 19.2 Å². The van der Waals surface area contributed by atoms with Crippen LogP contribution >= 0.6 is 0 Å². The zero-order valence-corrected chi connectivity index (χ0v) is 48.7. The lowest BCUT2D eigenvalue weighted by Crippen LogP contribution is -2.59. The molecule has 0 bridgehead atoms. The monoisotopic (exact) mass is 1180 g/mol. The molecule has 26 heteroatoms. The number of carbonyl (C=O) groups excluding carboxylic acids is 4. The zero-order chi connectivity index (χ0) is 60.8. The highest BCUT2D eigenvalue weighted by atomic mass is 16.7. The van der Waals surface area contributed by atoms with Crippen LogP contribution in [0.1, 0.15) is 116 Å². The summed E-state index contributed by atoms with van der Waals surface area (Å²) in [6.45, 7) is 14.8. The number of carbonyl (C=O) groups is 4. The average Bonchev–Trinajstić information content (AvgIpc) is 1.45. The summed E-state index contributed by atoms with van der Waals surface area (Å²) in [5.74, 6) is -5.35. The third kappa shape index (κ3) is 13.9. The van der Waals surface area contributed by atoms with Crippen LogP contribution in [0.15, 0.2) is 12.1 Å². The van der Waals surface area contributed by atoms with Crippen LogP contribution in [0.25, 0.3) is 10.8 Å². The summed E-state index contributed by atoms with van der Waals surface area (Å²) < 4.78 is 84.2. The first kappa shape index (κ1) is 64.7. The molecule has 25 atom stereocenters. The second-order valence-electron chi connectivity index (χ2n) is 23.1. The number of aliphatic hydroxyl groups excluding tert-OH is 5. The number of rotatable bonds is 18. The van der Waals surface area contributed by atoms with Crippen LogP contribution in [0.5, 0.6) is 17.2 Å². The Hall–Kier alpha value is -4.30. The smallest absolute Gasteiger partial charge is 0.303 e. The number of fused-ring (bicyclic) bond motifs is 2. The summed E-state index contributed by atoms with van der Waals surface area (Å²) >= 11 is 0. The lowest BCUT2D eigenvalue weighted by Gasteiger charge is -2.46. The molecule has 5 saturated heterocycles. The summed E-state index contributed by atoms with van der Waals surface area (Å²) in [4.78, 5) is 53.3. The van der Waals surface area contributed by atoms with E-state index in [4.69, 9.17) is 66.3 Å². The van der Waals surface area contributed by atoms with Gasteiger partial charge in [-0.15, -0.1) is 0 Å². The van der Waals surface area contributed by atoms with Crippen molar-refractivity contribution >= 4 is 34.3 Å². The van der Waals surface area contributed by atoms with Gasteiger partial charge in [-0.1, -0.05) is 0 Å². The van der Waals surface area contributed by atoms with E-state index in [2.05, 4.69) is 0 Å². The number of ketones is 2. The van der Waals surface area contributed by atoms with E-state index in [0.29, 0.717) is 0 Å². The molecule has 0 spiro atoms. The standard InChI is InChI=1S/C57H82O26/c1-21-34(79-40-19-37(77-28(8)59)53(26(6)75-40)82-38-16-33(61)52(70-11)25(5)74-38)15-31-13-30-14-32(54(71-12)51(68)46(63)22(2)58)55(50(67)44(30)49(66)43(31)45(21)62)83-41-18-35(47(64)24(4)73-41)80-39-17-36(48(65)23(3)72-39)81-42-20-57(10,69)56(27(7)76-42)78-29(9)60/h13,15,22-27,32-33,35-42,46-48,52-56,58,61-66,69H,14,16-20H2,1-12H3. The van der Waals surface area contributed by atoms with Crippen molar-refractivity contribution in [2.75, 3.05) is 14.2 Å². The lowest BCUT2D eigenvalue weighted by atomic mass is 9.75. The Labute approximate surface area is 480 Å². The van der Waals surface area contributed by atoms with Crippen molar-refractivity contribution < 1.29 is 126 Å². The van der Waals surface area contributed by atoms with Crippen LogP contribution in [0, 0.1) is 12.8 Å². The van der Waals surface area contributed by atoms with Crippen molar-refractivity contribution in [3.05, 3.63) is 28.8 Å². The van der Waals surface area contributed by atoms with Crippen molar-refractivity contribution in [1.29, 1.82) is 0 Å². The molecule has 0 radical (unpaired) electrons. The predicted octanol–water partition coefficient (Wildman–Crippen LogP) is 1.55. The molecule has 2 aromatic rings. The summed E-state index contributed by atoms with van der Waals surface area (Å²) in [5.41, 5.74) is -1.52. The van der Waals surface area contributed by atoms with Gasteiger partial charge in [0.15, 0.2) is 42.8 Å². The molecule has 83 heavy (non-hydrogen) atoms. The molecular weight excluding hydrogens is 1100 g/mol. The topological polar surface area (TPSA) is 359 Å². The van der Waals surface area contributed by atoms with Gasteiger partial charge in [-0.2, -0.15) is 0 Å². The number of phenols is 2. The number of phenolic OH excluding ortho intramolecular Hbond substituents is 2. The number of ether oxygens (including phenoxy) is 14. The Morgan fingerprint density at radius 1 is 0.687 bits per heavy atom. The Balaban J connectivity index is 1.03. The summed E-state index contributed by atoms with van der Waals surface area (Å²) in [6.07, 6.45) is -25.8. The molecule has 2 aromatic carbocycles. The van der Waals surface area contributed by atoms with E-state index in [1.165, 1.54) is 67.9 Å². The van der Waals surface area contributed by atoms with Gasteiger partial charge in [0, 0.05) is 71.7 Å². The Kier molecular flexibility index (Phi) is 20.5. The van der Waals surface area contributed by atoms with E-state index in [1.807, 2.05) is 0 Å². The van der Waals surface area contributed by atoms with Gasteiger partial charge in [-0.25, -0.2) is 0 Å². The second kappa shape index (κ2) is 26.4. The minimum atomic E-state index is -1.96. The first-order valence-electron chi connectivity index (χ1n) is 28.2. The van der Waals surface area contributed by atoms with Crippen molar-refractivity contribution in [3.63, 3.8) is 0 Å². The molecule has 0 aromatic heterocycles. The summed E-state index contributed by atoms with van der Waals surface area (Å²) in [7, 11) is 2.65. The van der Waals surface area contributed by atoms with Gasteiger partial charge in [0.1, 0.15) is 71.7 Å². The highest BCUT2D eigenvalue weighted by Gasteiger charge is 2.52. The molecule has 5 aliphatic heterocycles. The average molecular weight is 1180 g/mol. The van der Waals surface area contributed by atoms with Crippen LogP contribution in [0.4, 0.5) is 0 Å². The number of benzene rings is 2. The maximum absolute atomic E-state index is 15.1. The summed E-state index contributed by atoms with van der Waals surface area (Å²) in [6, 6.07) is 3.03. The number of hydrogen-bond acceptors (Lipinski definition) is 26. The normalized spacial score (nSPS) is 39.7. The Morgan fingerprint density at radius 2 is 1.23 bits per heavy atom. The summed E-state index contributed by atoms with van der Waals surface area (Å²) in [5, 5.41) is 89.9. The quantitative estimate of drug-likeness (QED) is 0.0982. The van der Waals surface area contributed by atoms with Gasteiger partial charge in [0.25, 0.3) is 0 Å². The van der Waals surface area contributed by atoms with Crippen molar-refractivity contribution in [2.24, 2.45) is 5.92 Å². The highest BCUT2D eigenvalue weighted by Crippen LogP contribution is 2.48. The molecule has 1 aliphatic carbocycles. The molecule has 5 heterocycles. The Morgan fingerprint density at radius 3 is 1.80 bits per heavy atom. The first-order valence-corrected chi connectivity index (χ1v) is 28.2. The zero-order valence-electron chi connectivity index (χ0n) is 48.7. The van der Waals surface area contributed by atoms with E-state index < -0.39 is 188 Å². The van der Waals surface area contributed by atoms with Gasteiger partial charge >= 0.3 is 11.9 Å². The maximum atomic E-state index is 15.1. The molecule has 8 N–H and O–H groups in total. The fraction of sp³-hybridized carbons (Fsp3) is 0.754. The van der Waals surface area contributed by atoms with Gasteiger partial charge < -0.3 is 107 Å². The van der Waals surface area contributed by atoms with Crippen LogP contribution in [0.2, 0.25) is 0 Å². The molecule has 8 rings (SSSR count). The maximum Gasteiger partial charge on any atom is 0.303 e. The largest absolute Gasteiger partial charge is 0.507 e. The molecule has 0 saturated carbocycles. The lowest BCUT2D eigenvalue weighted by molar-refractivity contribution is -0.334. The van der Waals surface area contributed by atoms with Gasteiger partial charge in [0.2, 0.25) is 6.29 Å². The van der Waals surface area contributed by atoms with Crippen LogP contribution in [0.3, 0.4) is 0 Å². The fourth-order valence-corrected chi connectivity index (χ4v) is 12.4. The molecular formula is C57H82O26. The molecule has 5 fully saturated rings. The minimum absolute atomic E-state index is 0.0531. The van der Waals surface area contributed by atoms with E-state index in [9.17, 15) is 55.2 Å². The first-order chi connectivity index (χ1) is 39.0. The number of aromatic hydroxyl groups is 2. The number of hydrogen-bond donors (Lipinski definition) is 8. The predicted molar refractivity (Wildman–Crippen MR) is 282 cm³/mol. The molecule has 466 valence electrons. The minimum Gasteiger partial charge on any atom is -0.507 e. The fourth-order valence-electron chi connectivity index (χ4n) is 12.4. The van der Waals surface area contributed by atoms with Gasteiger partial charge in [-0.05, 0) is 84.9 Å². The SMILES string of the molecule is COC(C(=O)C(O)C(C)O)C1Cc2cc3cc(OC4CC(OC(C)=O)C(OC5CC(O)C(OC)C(C)O5)C(C)O4)c(C)c(O)c3c(O)c2C(=O)C1OC1CC(OC2CC(OC3CC(C)(O)C(OC(C)=O)C(C)O3)C(O)C(C)O2)C(O)C(C)O1.